The number of guanidine groups is 1. The Kier molecular flexibility index (Phi) is 12.7. The molecule has 0 aliphatic carbocycles. The Bertz CT molecular complexity index is 868. The van der Waals surface area contributed by atoms with Crippen LogP contribution in [0.2, 0.25) is 0 Å². The van der Waals surface area contributed by atoms with Gasteiger partial charge in [-0.1, -0.05) is 6.07 Å². The molecule has 1 aromatic carbocycles. The average Bonchev–Trinajstić information content (AvgIpc) is 3.07. The van der Waals surface area contributed by atoms with Gasteiger partial charge >= 0.3 is 0 Å². The summed E-state index contributed by atoms with van der Waals surface area (Å²) >= 11 is 0. The van der Waals surface area contributed by atoms with E-state index in [0.717, 1.165) is 35.7 Å². The van der Waals surface area contributed by atoms with E-state index in [1.165, 1.54) is 0 Å². The van der Waals surface area contributed by atoms with Gasteiger partial charge in [0.1, 0.15) is 0 Å². The van der Waals surface area contributed by atoms with Crippen LogP contribution in [0.1, 0.15) is 18.5 Å². The van der Waals surface area contributed by atoms with Gasteiger partial charge in [-0.25, -0.2) is 9.98 Å². The number of hydrogen-bond acceptors (Lipinski definition) is 7. The number of anilines is 1. The number of fused-ring (bicyclic) bond motifs is 1. The summed E-state index contributed by atoms with van der Waals surface area (Å²) in [5, 5.41) is 6.69. The third-order valence-electron chi connectivity index (χ3n) is 4.59. The van der Waals surface area contributed by atoms with Gasteiger partial charge in [-0.15, -0.1) is 24.0 Å². The van der Waals surface area contributed by atoms with Crippen LogP contribution in [0.15, 0.2) is 41.4 Å². The molecule has 0 spiro atoms. The van der Waals surface area contributed by atoms with Crippen molar-refractivity contribution in [3.05, 3.63) is 42.1 Å². The van der Waals surface area contributed by atoms with Gasteiger partial charge < -0.3 is 34.3 Å². The molecule has 0 amide bonds. The zero-order valence-corrected chi connectivity index (χ0v) is 21.5. The highest BCUT2D eigenvalue weighted by Crippen LogP contribution is 2.32. The van der Waals surface area contributed by atoms with Crippen LogP contribution >= 0.6 is 24.0 Å². The molecule has 3 rings (SSSR count). The van der Waals surface area contributed by atoms with Crippen molar-refractivity contribution in [1.29, 1.82) is 0 Å². The van der Waals surface area contributed by atoms with Crippen molar-refractivity contribution in [2.24, 2.45) is 4.99 Å². The minimum atomic E-state index is 0. The van der Waals surface area contributed by atoms with E-state index in [0.29, 0.717) is 58.0 Å². The molecule has 1 aliphatic rings. The fourth-order valence-electron chi connectivity index (χ4n) is 2.96. The van der Waals surface area contributed by atoms with Crippen LogP contribution in [-0.2, 0) is 16.0 Å². The topological polar surface area (TPSA) is 95.5 Å². The molecular weight excluding hydrogens is 539 g/mol. The third kappa shape index (κ3) is 9.60. The van der Waals surface area contributed by atoms with E-state index in [1.54, 1.807) is 14.2 Å². The van der Waals surface area contributed by atoms with Crippen LogP contribution in [0.4, 0.5) is 5.69 Å². The van der Waals surface area contributed by atoms with Crippen LogP contribution in [-0.4, -0.2) is 64.7 Å². The lowest BCUT2D eigenvalue weighted by Gasteiger charge is -2.15. The van der Waals surface area contributed by atoms with Gasteiger partial charge in [0, 0.05) is 44.5 Å². The smallest absolute Gasteiger partial charge is 0.213 e. The van der Waals surface area contributed by atoms with Crippen LogP contribution < -0.4 is 24.8 Å². The van der Waals surface area contributed by atoms with Crippen molar-refractivity contribution < 1.29 is 23.7 Å². The molecule has 0 saturated carbocycles. The van der Waals surface area contributed by atoms with Gasteiger partial charge in [0.25, 0.3) is 0 Å². The first-order chi connectivity index (χ1) is 15.8. The van der Waals surface area contributed by atoms with E-state index in [-0.39, 0.29) is 24.0 Å². The fraction of sp³-hybridized carbons (Fsp3) is 0.478. The molecule has 0 saturated heterocycles. The SMILES string of the molecule is COCCOCCCNC(=NCc1cccc(OC)n1)Nc1ccc2c(c1)OCCCO2.I. The predicted octanol–water partition coefficient (Wildman–Crippen LogP) is 3.48. The summed E-state index contributed by atoms with van der Waals surface area (Å²) in [5.74, 6) is 2.69. The Balaban J connectivity index is 0.00000385. The highest BCUT2D eigenvalue weighted by Gasteiger charge is 2.11. The molecule has 33 heavy (non-hydrogen) atoms. The number of nitrogens with one attached hydrogen (secondary N) is 2. The lowest BCUT2D eigenvalue weighted by molar-refractivity contribution is 0.0699. The Morgan fingerprint density at radius 2 is 1.91 bits per heavy atom. The number of halogens is 1. The van der Waals surface area contributed by atoms with Crippen molar-refractivity contribution in [2.45, 2.75) is 19.4 Å². The number of hydrogen-bond donors (Lipinski definition) is 2. The molecule has 0 radical (unpaired) electrons. The molecule has 10 heteroatoms. The molecule has 0 unspecified atom stereocenters. The minimum Gasteiger partial charge on any atom is -0.490 e. The first kappa shape index (κ1) is 26.9. The van der Waals surface area contributed by atoms with E-state index in [1.807, 2.05) is 36.4 Å². The van der Waals surface area contributed by atoms with Gasteiger partial charge in [-0.2, -0.15) is 0 Å². The molecular formula is C23H33IN4O5. The molecule has 182 valence electrons. The summed E-state index contributed by atoms with van der Waals surface area (Å²) in [6.45, 7) is 4.24. The number of nitrogens with zero attached hydrogens (tertiary/aromatic N) is 2. The maximum atomic E-state index is 5.79. The third-order valence-corrected chi connectivity index (χ3v) is 4.59. The van der Waals surface area contributed by atoms with Gasteiger partial charge in [-0.05, 0) is 24.6 Å². The lowest BCUT2D eigenvalue weighted by Crippen LogP contribution is -2.32. The Labute approximate surface area is 212 Å². The molecule has 1 aromatic heterocycles. The zero-order chi connectivity index (χ0) is 22.4. The fourth-order valence-corrected chi connectivity index (χ4v) is 2.96. The monoisotopic (exact) mass is 572 g/mol. The Hall–Kier alpha value is -2.31. The maximum Gasteiger partial charge on any atom is 0.213 e. The summed E-state index contributed by atoms with van der Waals surface area (Å²) < 4.78 is 27.2. The first-order valence-corrected chi connectivity index (χ1v) is 10.8. The summed E-state index contributed by atoms with van der Waals surface area (Å²) in [4.78, 5) is 9.11. The van der Waals surface area contributed by atoms with Crippen molar-refractivity contribution in [1.82, 2.24) is 10.3 Å². The van der Waals surface area contributed by atoms with E-state index in [9.17, 15) is 0 Å². The standard InChI is InChI=1S/C23H32N4O5.HI/c1-28-14-15-30-11-4-10-24-23(25-17-19-6-3-7-22(26-19)29-2)27-18-8-9-20-21(16-18)32-13-5-12-31-20;/h3,6-9,16H,4-5,10-15,17H2,1-2H3,(H2,24,25,27);1H. The van der Waals surface area contributed by atoms with E-state index >= 15 is 0 Å². The van der Waals surface area contributed by atoms with E-state index in [4.69, 9.17) is 23.7 Å². The van der Waals surface area contributed by atoms with Gasteiger partial charge in [0.15, 0.2) is 17.5 Å². The number of pyridine rings is 1. The Morgan fingerprint density at radius 1 is 1.06 bits per heavy atom. The van der Waals surface area contributed by atoms with Crippen LogP contribution in [0, 0.1) is 0 Å². The second-order valence-electron chi connectivity index (χ2n) is 7.06. The van der Waals surface area contributed by atoms with Crippen molar-refractivity contribution in [3.63, 3.8) is 0 Å². The molecule has 2 heterocycles. The van der Waals surface area contributed by atoms with Gasteiger partial charge in [0.2, 0.25) is 5.88 Å². The second-order valence-corrected chi connectivity index (χ2v) is 7.06. The Morgan fingerprint density at radius 3 is 2.73 bits per heavy atom. The minimum absolute atomic E-state index is 0. The number of aromatic nitrogens is 1. The normalized spacial score (nSPS) is 13.0. The number of methoxy groups -OCH3 is 2. The quantitative estimate of drug-likeness (QED) is 0.183. The predicted molar refractivity (Wildman–Crippen MR) is 138 cm³/mol. The molecule has 0 bridgehead atoms. The number of aliphatic imine (C=N–C) groups is 1. The van der Waals surface area contributed by atoms with Gasteiger partial charge in [0.05, 0.1) is 45.8 Å². The molecule has 2 aromatic rings. The van der Waals surface area contributed by atoms with Crippen molar-refractivity contribution in [3.8, 4) is 17.4 Å². The molecule has 9 nitrogen and oxygen atoms in total. The number of benzene rings is 1. The van der Waals surface area contributed by atoms with E-state index < -0.39 is 0 Å². The van der Waals surface area contributed by atoms with Crippen LogP contribution in [0.3, 0.4) is 0 Å². The largest absolute Gasteiger partial charge is 0.490 e. The highest BCUT2D eigenvalue weighted by molar-refractivity contribution is 14.0. The summed E-state index contributed by atoms with van der Waals surface area (Å²) in [7, 11) is 3.26. The number of ether oxygens (including phenoxy) is 5. The molecule has 1 aliphatic heterocycles. The molecule has 0 atom stereocenters. The van der Waals surface area contributed by atoms with Crippen LogP contribution in [0.25, 0.3) is 0 Å². The van der Waals surface area contributed by atoms with Gasteiger partial charge in [-0.3, -0.25) is 0 Å². The molecule has 2 N–H and O–H groups in total. The van der Waals surface area contributed by atoms with Crippen molar-refractivity contribution in [2.75, 3.05) is 59.1 Å². The number of rotatable bonds is 11. The van der Waals surface area contributed by atoms with Crippen molar-refractivity contribution >= 4 is 35.6 Å². The average molecular weight is 572 g/mol. The summed E-state index contributed by atoms with van der Waals surface area (Å²) in [6, 6.07) is 11.4. The van der Waals surface area contributed by atoms with Crippen LogP contribution in [0.5, 0.6) is 17.4 Å². The van der Waals surface area contributed by atoms with E-state index in [2.05, 4.69) is 20.6 Å². The molecule has 0 fully saturated rings. The second kappa shape index (κ2) is 15.5. The maximum absolute atomic E-state index is 5.79. The zero-order valence-electron chi connectivity index (χ0n) is 19.2. The first-order valence-electron chi connectivity index (χ1n) is 10.8. The lowest BCUT2D eigenvalue weighted by atomic mass is 10.2. The summed E-state index contributed by atoms with van der Waals surface area (Å²) in [5.41, 5.74) is 1.67. The highest BCUT2D eigenvalue weighted by atomic mass is 127. The summed E-state index contributed by atoms with van der Waals surface area (Å²) in [6.07, 6.45) is 1.70.